The van der Waals surface area contributed by atoms with E-state index in [0.29, 0.717) is 12.2 Å². The van der Waals surface area contributed by atoms with Crippen molar-refractivity contribution in [2.75, 3.05) is 0 Å². The summed E-state index contributed by atoms with van der Waals surface area (Å²) in [6.07, 6.45) is 0. The molecule has 0 spiro atoms. The van der Waals surface area contributed by atoms with E-state index in [0.717, 1.165) is 22.6 Å². The first kappa shape index (κ1) is 12.3. The van der Waals surface area contributed by atoms with Gasteiger partial charge in [0.2, 0.25) is 0 Å². The van der Waals surface area contributed by atoms with E-state index in [9.17, 15) is 4.79 Å². The van der Waals surface area contributed by atoms with E-state index in [1.807, 2.05) is 32.9 Å². The van der Waals surface area contributed by atoms with Crippen LogP contribution in [0.25, 0.3) is 0 Å². The van der Waals surface area contributed by atoms with Crippen LogP contribution in [0.1, 0.15) is 33.1 Å². The molecule has 5 heteroatoms. The lowest BCUT2D eigenvalue weighted by Gasteiger charge is -2.05. The number of carbonyl (C=O) groups excluding carboxylic acids is 1. The first-order chi connectivity index (χ1) is 8.58. The van der Waals surface area contributed by atoms with E-state index in [-0.39, 0.29) is 5.91 Å². The Morgan fingerprint density at radius 2 is 2.11 bits per heavy atom. The Kier molecular flexibility index (Phi) is 3.41. The number of hydrogen-bond acceptors (Lipinski definition) is 3. The molecule has 0 aromatic carbocycles. The third-order valence-electron chi connectivity index (χ3n) is 2.83. The summed E-state index contributed by atoms with van der Waals surface area (Å²) in [5, 5.41) is 9.83. The van der Waals surface area contributed by atoms with Crippen LogP contribution in [0.4, 0.5) is 0 Å². The summed E-state index contributed by atoms with van der Waals surface area (Å²) in [5.41, 5.74) is 4.18. The van der Waals surface area contributed by atoms with Gasteiger partial charge < -0.3 is 5.32 Å². The lowest BCUT2D eigenvalue weighted by atomic mass is 10.2. The van der Waals surface area contributed by atoms with Gasteiger partial charge in [-0.05, 0) is 32.9 Å². The highest BCUT2D eigenvalue weighted by atomic mass is 16.1. The predicted molar refractivity (Wildman–Crippen MR) is 68.2 cm³/mol. The van der Waals surface area contributed by atoms with Crippen LogP contribution in [0.15, 0.2) is 18.2 Å². The maximum atomic E-state index is 11.9. The molecule has 0 unspecified atom stereocenters. The standard InChI is InChI=1S/C13H16N4O/c1-8-5-4-6-12(15-8)13(18)14-7-11-9(2)16-17-10(11)3/h4-6H,7H2,1-3H3,(H,14,18)(H,16,17). The third kappa shape index (κ3) is 2.56. The first-order valence-corrected chi connectivity index (χ1v) is 5.80. The fourth-order valence-corrected chi connectivity index (χ4v) is 1.76. The van der Waals surface area contributed by atoms with Crippen LogP contribution in [-0.4, -0.2) is 21.1 Å². The summed E-state index contributed by atoms with van der Waals surface area (Å²) in [4.78, 5) is 16.1. The number of nitrogens with zero attached hydrogens (tertiary/aromatic N) is 2. The topological polar surface area (TPSA) is 70.7 Å². The minimum atomic E-state index is -0.168. The first-order valence-electron chi connectivity index (χ1n) is 5.80. The van der Waals surface area contributed by atoms with Crippen molar-refractivity contribution in [3.63, 3.8) is 0 Å². The lowest BCUT2D eigenvalue weighted by Crippen LogP contribution is -2.24. The second kappa shape index (κ2) is 5.00. The van der Waals surface area contributed by atoms with Gasteiger partial charge in [0.05, 0.1) is 5.69 Å². The van der Waals surface area contributed by atoms with Gasteiger partial charge >= 0.3 is 0 Å². The predicted octanol–water partition coefficient (Wildman–Crippen LogP) is 1.66. The van der Waals surface area contributed by atoms with Crippen LogP contribution < -0.4 is 5.32 Å². The molecule has 5 nitrogen and oxygen atoms in total. The Balaban J connectivity index is 2.05. The number of amides is 1. The highest BCUT2D eigenvalue weighted by Gasteiger charge is 2.10. The molecular formula is C13H16N4O. The fraction of sp³-hybridized carbons (Fsp3) is 0.308. The molecular weight excluding hydrogens is 228 g/mol. The molecule has 0 saturated heterocycles. The summed E-state index contributed by atoms with van der Waals surface area (Å²) >= 11 is 0. The largest absolute Gasteiger partial charge is 0.346 e. The van der Waals surface area contributed by atoms with E-state index < -0.39 is 0 Å². The average Bonchev–Trinajstić information content (AvgIpc) is 2.66. The number of aryl methyl sites for hydroxylation is 3. The van der Waals surface area contributed by atoms with Crippen LogP contribution in [0.3, 0.4) is 0 Å². The molecule has 0 aliphatic rings. The average molecular weight is 244 g/mol. The molecule has 0 atom stereocenters. The number of rotatable bonds is 3. The van der Waals surface area contributed by atoms with Gasteiger partial charge in [-0.2, -0.15) is 5.10 Å². The van der Waals surface area contributed by atoms with Gasteiger partial charge in [0.25, 0.3) is 5.91 Å². The van der Waals surface area contributed by atoms with Crippen LogP contribution >= 0.6 is 0 Å². The van der Waals surface area contributed by atoms with Gasteiger partial charge in [-0.1, -0.05) is 6.07 Å². The van der Waals surface area contributed by atoms with Crippen LogP contribution in [-0.2, 0) is 6.54 Å². The Bertz CT molecular complexity index is 555. The molecule has 2 rings (SSSR count). The maximum Gasteiger partial charge on any atom is 0.270 e. The van der Waals surface area contributed by atoms with Crippen molar-refractivity contribution in [2.45, 2.75) is 27.3 Å². The van der Waals surface area contributed by atoms with Crippen molar-refractivity contribution in [3.05, 3.63) is 46.5 Å². The Morgan fingerprint density at radius 1 is 1.33 bits per heavy atom. The van der Waals surface area contributed by atoms with E-state index in [1.165, 1.54) is 0 Å². The maximum absolute atomic E-state index is 11.9. The minimum absolute atomic E-state index is 0.168. The zero-order valence-corrected chi connectivity index (χ0v) is 10.7. The molecule has 2 aromatic rings. The molecule has 0 radical (unpaired) electrons. The minimum Gasteiger partial charge on any atom is -0.346 e. The molecule has 94 valence electrons. The second-order valence-corrected chi connectivity index (χ2v) is 4.26. The van der Waals surface area contributed by atoms with Crippen LogP contribution in [0.2, 0.25) is 0 Å². The smallest absolute Gasteiger partial charge is 0.270 e. The highest BCUT2D eigenvalue weighted by molar-refractivity contribution is 5.92. The number of hydrogen-bond donors (Lipinski definition) is 2. The third-order valence-corrected chi connectivity index (χ3v) is 2.83. The molecule has 1 amide bonds. The normalized spacial score (nSPS) is 10.4. The molecule has 2 heterocycles. The molecule has 0 aliphatic heterocycles. The SMILES string of the molecule is Cc1cccc(C(=O)NCc2c(C)n[nH]c2C)n1. The van der Waals surface area contributed by atoms with Gasteiger partial charge in [0.1, 0.15) is 5.69 Å². The molecule has 0 bridgehead atoms. The molecule has 2 aromatic heterocycles. The summed E-state index contributed by atoms with van der Waals surface area (Å²) in [7, 11) is 0. The Hall–Kier alpha value is -2.17. The van der Waals surface area contributed by atoms with Crippen molar-refractivity contribution in [3.8, 4) is 0 Å². The summed E-state index contributed by atoms with van der Waals surface area (Å²) in [6, 6.07) is 5.39. The molecule has 2 N–H and O–H groups in total. The summed E-state index contributed by atoms with van der Waals surface area (Å²) < 4.78 is 0. The highest BCUT2D eigenvalue weighted by Crippen LogP contribution is 2.08. The molecule has 18 heavy (non-hydrogen) atoms. The van der Waals surface area contributed by atoms with Gasteiger partial charge in [0, 0.05) is 23.5 Å². The van der Waals surface area contributed by atoms with Gasteiger partial charge in [-0.15, -0.1) is 0 Å². The van der Waals surface area contributed by atoms with Crippen LogP contribution in [0.5, 0.6) is 0 Å². The number of pyridine rings is 1. The van der Waals surface area contributed by atoms with Crippen molar-refractivity contribution in [2.24, 2.45) is 0 Å². The monoisotopic (exact) mass is 244 g/mol. The Labute approximate surface area is 106 Å². The lowest BCUT2D eigenvalue weighted by molar-refractivity contribution is 0.0945. The van der Waals surface area contributed by atoms with Crippen LogP contribution in [0, 0.1) is 20.8 Å². The van der Waals surface area contributed by atoms with Gasteiger partial charge in [0.15, 0.2) is 0 Å². The fourth-order valence-electron chi connectivity index (χ4n) is 1.76. The quantitative estimate of drug-likeness (QED) is 0.862. The van der Waals surface area contributed by atoms with Crippen molar-refractivity contribution < 1.29 is 4.79 Å². The number of carbonyl (C=O) groups is 1. The number of aromatic amines is 1. The summed E-state index contributed by atoms with van der Waals surface area (Å²) in [6.45, 7) is 6.17. The number of H-pyrrole nitrogens is 1. The number of nitrogens with one attached hydrogen (secondary N) is 2. The van der Waals surface area contributed by atoms with Crippen molar-refractivity contribution >= 4 is 5.91 Å². The van der Waals surface area contributed by atoms with Gasteiger partial charge in [-0.3, -0.25) is 9.89 Å². The molecule has 0 saturated carbocycles. The zero-order chi connectivity index (χ0) is 13.1. The van der Waals surface area contributed by atoms with E-state index in [2.05, 4.69) is 20.5 Å². The molecule has 0 aliphatic carbocycles. The van der Waals surface area contributed by atoms with E-state index in [1.54, 1.807) is 6.07 Å². The molecule has 0 fully saturated rings. The zero-order valence-electron chi connectivity index (χ0n) is 10.7. The van der Waals surface area contributed by atoms with Gasteiger partial charge in [-0.25, -0.2) is 4.98 Å². The number of aromatic nitrogens is 3. The van der Waals surface area contributed by atoms with E-state index >= 15 is 0 Å². The van der Waals surface area contributed by atoms with E-state index in [4.69, 9.17) is 0 Å². The summed E-state index contributed by atoms with van der Waals surface area (Å²) in [5.74, 6) is -0.168. The Morgan fingerprint density at radius 3 is 2.72 bits per heavy atom. The van der Waals surface area contributed by atoms with Crippen molar-refractivity contribution in [1.82, 2.24) is 20.5 Å². The van der Waals surface area contributed by atoms with Crippen molar-refractivity contribution in [1.29, 1.82) is 0 Å². The second-order valence-electron chi connectivity index (χ2n) is 4.26.